The number of halogens is 2. The highest BCUT2D eigenvalue weighted by molar-refractivity contribution is 7.18. The van der Waals surface area contributed by atoms with Gasteiger partial charge in [-0.25, -0.2) is 13.8 Å². The van der Waals surface area contributed by atoms with Gasteiger partial charge in [0, 0.05) is 16.9 Å². The number of ether oxygens (including phenoxy) is 1. The molecule has 27 heavy (non-hydrogen) atoms. The smallest absolute Gasteiger partial charge is 0.306 e. The second-order valence-corrected chi connectivity index (χ2v) is 7.48. The van der Waals surface area contributed by atoms with Crippen LogP contribution in [0.25, 0.3) is 10.2 Å². The lowest BCUT2D eigenvalue weighted by Crippen LogP contribution is -2.15. The number of aromatic nitrogens is 2. The van der Waals surface area contributed by atoms with E-state index in [4.69, 9.17) is 4.74 Å². The van der Waals surface area contributed by atoms with Crippen molar-refractivity contribution in [1.82, 2.24) is 9.97 Å². The number of aryl methyl sites for hydroxylation is 3. The van der Waals surface area contributed by atoms with Crippen molar-refractivity contribution in [3.63, 3.8) is 0 Å². The molecule has 0 aliphatic rings. The maximum Gasteiger partial charge on any atom is 0.306 e. The molecule has 1 aromatic carbocycles. The average Bonchev–Trinajstić information content (AvgIpc) is 2.89. The summed E-state index contributed by atoms with van der Waals surface area (Å²) in [6.07, 6.45) is -0.789. The minimum absolute atomic E-state index is 0.0270. The maximum atomic E-state index is 13.7. The number of benzene rings is 1. The van der Waals surface area contributed by atoms with Crippen LogP contribution in [0.2, 0.25) is 0 Å². The zero-order valence-electron chi connectivity index (χ0n) is 15.1. The van der Waals surface area contributed by atoms with Gasteiger partial charge < -0.3 is 9.72 Å². The minimum Gasteiger partial charge on any atom is -0.458 e. The lowest BCUT2D eigenvalue weighted by Gasteiger charge is -2.14. The van der Waals surface area contributed by atoms with E-state index in [9.17, 15) is 18.4 Å². The molecule has 2 heterocycles. The largest absolute Gasteiger partial charge is 0.458 e. The van der Waals surface area contributed by atoms with Crippen LogP contribution in [0.15, 0.2) is 23.0 Å². The molecule has 0 spiro atoms. The molecular formula is C19H18F2N2O3S. The fourth-order valence-electron chi connectivity index (χ4n) is 2.78. The van der Waals surface area contributed by atoms with Gasteiger partial charge in [0.25, 0.3) is 5.56 Å². The first-order valence-electron chi connectivity index (χ1n) is 8.39. The van der Waals surface area contributed by atoms with Crippen LogP contribution in [0.1, 0.15) is 41.3 Å². The molecule has 0 saturated heterocycles. The molecule has 0 fully saturated rings. The Bertz CT molecular complexity index is 1070. The predicted octanol–water partition coefficient (Wildman–Crippen LogP) is 4.12. The van der Waals surface area contributed by atoms with E-state index >= 15 is 0 Å². The summed E-state index contributed by atoms with van der Waals surface area (Å²) in [6, 6.07) is 2.99. The molecule has 142 valence electrons. The summed E-state index contributed by atoms with van der Waals surface area (Å²) in [5.74, 6) is -1.45. The van der Waals surface area contributed by atoms with E-state index in [-0.39, 0.29) is 24.0 Å². The van der Waals surface area contributed by atoms with Gasteiger partial charge in [-0.05, 0) is 44.5 Å². The van der Waals surface area contributed by atoms with Gasteiger partial charge >= 0.3 is 5.97 Å². The van der Waals surface area contributed by atoms with E-state index in [1.54, 1.807) is 0 Å². The quantitative estimate of drug-likeness (QED) is 0.663. The Balaban J connectivity index is 1.68. The van der Waals surface area contributed by atoms with Crippen molar-refractivity contribution in [2.75, 3.05) is 0 Å². The fraction of sp³-hybridized carbons (Fsp3) is 0.316. The number of thiophene rings is 1. The van der Waals surface area contributed by atoms with E-state index in [1.165, 1.54) is 18.3 Å². The van der Waals surface area contributed by atoms with Crippen molar-refractivity contribution in [2.24, 2.45) is 0 Å². The highest BCUT2D eigenvalue weighted by atomic mass is 32.1. The fourth-order valence-corrected chi connectivity index (χ4v) is 3.83. The third-order valence-electron chi connectivity index (χ3n) is 4.36. The van der Waals surface area contributed by atoms with Crippen LogP contribution < -0.4 is 5.56 Å². The maximum absolute atomic E-state index is 13.7. The molecule has 1 N–H and O–H groups in total. The summed E-state index contributed by atoms with van der Waals surface area (Å²) >= 11 is 1.43. The lowest BCUT2D eigenvalue weighted by atomic mass is 10.1. The highest BCUT2D eigenvalue weighted by Crippen LogP contribution is 2.26. The molecular weight excluding hydrogens is 374 g/mol. The minimum atomic E-state index is -0.926. The van der Waals surface area contributed by atoms with Crippen LogP contribution in [0.4, 0.5) is 8.78 Å². The van der Waals surface area contributed by atoms with Crippen molar-refractivity contribution in [2.45, 2.75) is 39.7 Å². The Labute approximate surface area is 158 Å². The van der Waals surface area contributed by atoms with Gasteiger partial charge in [-0.2, -0.15) is 0 Å². The first kappa shape index (κ1) is 19.2. The SMILES string of the molecule is Cc1sc2nc(CCC(=O)O[C@H](C)c3cc(F)ccc3F)[nH]c(=O)c2c1C. The molecule has 0 radical (unpaired) electrons. The van der Waals surface area contributed by atoms with E-state index < -0.39 is 23.7 Å². The van der Waals surface area contributed by atoms with Crippen molar-refractivity contribution in [3.05, 3.63) is 62.0 Å². The van der Waals surface area contributed by atoms with E-state index in [0.29, 0.717) is 16.0 Å². The molecule has 0 aliphatic carbocycles. The van der Waals surface area contributed by atoms with Crippen LogP contribution in [-0.2, 0) is 16.0 Å². The van der Waals surface area contributed by atoms with Crippen LogP contribution in [-0.4, -0.2) is 15.9 Å². The molecule has 8 heteroatoms. The van der Waals surface area contributed by atoms with Crippen LogP contribution in [0.3, 0.4) is 0 Å². The van der Waals surface area contributed by atoms with Gasteiger partial charge in [-0.15, -0.1) is 11.3 Å². The molecule has 1 atom stereocenters. The Kier molecular flexibility index (Phi) is 5.36. The number of hydrogen-bond acceptors (Lipinski definition) is 5. The first-order valence-corrected chi connectivity index (χ1v) is 9.21. The summed E-state index contributed by atoms with van der Waals surface area (Å²) in [5.41, 5.74) is 0.641. The number of esters is 1. The van der Waals surface area contributed by atoms with E-state index in [1.807, 2.05) is 13.8 Å². The molecule has 0 bridgehead atoms. The summed E-state index contributed by atoms with van der Waals surface area (Å²) in [4.78, 5) is 33.0. The zero-order chi connectivity index (χ0) is 19.7. The Morgan fingerprint density at radius 3 is 2.81 bits per heavy atom. The topological polar surface area (TPSA) is 72.0 Å². The number of carbonyl (C=O) groups is 1. The van der Waals surface area contributed by atoms with Crippen molar-refractivity contribution >= 4 is 27.5 Å². The Hall–Kier alpha value is -2.61. The van der Waals surface area contributed by atoms with Gasteiger partial charge in [-0.1, -0.05) is 0 Å². The summed E-state index contributed by atoms with van der Waals surface area (Å²) in [7, 11) is 0. The Morgan fingerprint density at radius 1 is 1.33 bits per heavy atom. The highest BCUT2D eigenvalue weighted by Gasteiger charge is 2.17. The molecule has 2 aromatic heterocycles. The number of rotatable bonds is 5. The second kappa shape index (κ2) is 7.56. The number of nitrogens with one attached hydrogen (secondary N) is 1. The van der Waals surface area contributed by atoms with Gasteiger partial charge in [0.2, 0.25) is 0 Å². The second-order valence-electron chi connectivity index (χ2n) is 6.27. The summed E-state index contributed by atoms with van der Waals surface area (Å²) in [6.45, 7) is 5.26. The monoisotopic (exact) mass is 392 g/mol. The predicted molar refractivity (Wildman–Crippen MR) is 98.9 cm³/mol. The number of nitrogens with zero attached hydrogens (tertiary/aromatic N) is 1. The number of H-pyrrole nitrogens is 1. The Morgan fingerprint density at radius 2 is 2.07 bits per heavy atom. The standard InChI is InChI=1S/C19H18F2N2O3S/c1-9-11(3)27-19-17(9)18(25)22-15(23-19)6-7-16(24)26-10(2)13-8-12(20)4-5-14(13)21/h4-5,8,10H,6-7H2,1-3H3,(H,22,23,25)/t10-/m1/s1. The number of fused-ring (bicyclic) bond motifs is 1. The number of aromatic amines is 1. The number of hydrogen-bond donors (Lipinski definition) is 1. The summed E-state index contributed by atoms with van der Waals surface area (Å²) in [5, 5.41) is 0.569. The number of carbonyl (C=O) groups excluding carboxylic acids is 1. The van der Waals surface area contributed by atoms with Gasteiger partial charge in [0.05, 0.1) is 11.8 Å². The third-order valence-corrected chi connectivity index (χ3v) is 5.46. The van der Waals surface area contributed by atoms with Crippen molar-refractivity contribution < 1.29 is 18.3 Å². The summed E-state index contributed by atoms with van der Waals surface area (Å²) < 4.78 is 32.2. The molecule has 0 unspecified atom stereocenters. The van der Waals surface area contributed by atoms with Crippen molar-refractivity contribution in [3.8, 4) is 0 Å². The van der Waals surface area contributed by atoms with Crippen LogP contribution >= 0.6 is 11.3 Å². The molecule has 0 saturated carbocycles. The molecule has 0 aliphatic heterocycles. The molecule has 5 nitrogen and oxygen atoms in total. The van der Waals surface area contributed by atoms with Gasteiger partial charge in [0.1, 0.15) is 28.4 Å². The van der Waals surface area contributed by atoms with E-state index in [0.717, 1.165) is 28.6 Å². The van der Waals surface area contributed by atoms with Crippen LogP contribution in [0, 0.1) is 25.5 Å². The van der Waals surface area contributed by atoms with Gasteiger partial charge in [-0.3, -0.25) is 9.59 Å². The van der Waals surface area contributed by atoms with E-state index in [2.05, 4.69) is 9.97 Å². The zero-order valence-corrected chi connectivity index (χ0v) is 15.9. The average molecular weight is 392 g/mol. The van der Waals surface area contributed by atoms with Crippen LogP contribution in [0.5, 0.6) is 0 Å². The molecule has 0 amide bonds. The molecule has 3 aromatic rings. The van der Waals surface area contributed by atoms with Crippen molar-refractivity contribution in [1.29, 1.82) is 0 Å². The van der Waals surface area contributed by atoms with Gasteiger partial charge in [0.15, 0.2) is 0 Å². The first-order chi connectivity index (χ1) is 12.8. The normalized spacial score (nSPS) is 12.3. The lowest BCUT2D eigenvalue weighted by molar-refractivity contribution is -0.148. The molecule has 3 rings (SSSR count). The third kappa shape index (κ3) is 4.05.